The highest BCUT2D eigenvalue weighted by atomic mass is 14.9. The van der Waals surface area contributed by atoms with E-state index in [1.54, 1.807) is 0 Å². The fourth-order valence-electron chi connectivity index (χ4n) is 2.60. The highest BCUT2D eigenvalue weighted by Gasteiger charge is 2.25. The highest BCUT2D eigenvalue weighted by molar-refractivity contribution is 4.81. The third-order valence-corrected chi connectivity index (χ3v) is 3.96. The molecule has 1 saturated carbocycles. The van der Waals surface area contributed by atoms with Crippen molar-refractivity contribution < 1.29 is 0 Å². The average Bonchev–Trinajstić information content (AvgIpc) is 2.18. The molecule has 0 aliphatic heterocycles. The summed E-state index contributed by atoms with van der Waals surface area (Å²) in [5.74, 6) is 1.01. The average molecular weight is 211 g/mol. The number of unbranched alkanes of at least 4 members (excludes halogenated alkanes) is 5. The standard InChI is InChI=1S/C14H29N/c1-3-4-5-6-7-8-12-14(15-2)13-10-9-11-13/h13-15H,3-12H2,1-2H3. The molecule has 1 atom stereocenters. The van der Waals surface area contributed by atoms with Crippen LogP contribution in [-0.2, 0) is 0 Å². The molecule has 0 aromatic rings. The lowest BCUT2D eigenvalue weighted by Crippen LogP contribution is -2.37. The molecule has 0 amide bonds. The van der Waals surface area contributed by atoms with Gasteiger partial charge < -0.3 is 5.32 Å². The van der Waals surface area contributed by atoms with Crippen molar-refractivity contribution >= 4 is 0 Å². The molecule has 1 rings (SSSR count). The Balaban J connectivity index is 1.92. The van der Waals surface area contributed by atoms with Gasteiger partial charge in [-0.1, -0.05) is 51.9 Å². The van der Waals surface area contributed by atoms with E-state index in [-0.39, 0.29) is 0 Å². The minimum atomic E-state index is 0.824. The molecule has 1 fully saturated rings. The second-order valence-corrected chi connectivity index (χ2v) is 5.14. The molecule has 1 aliphatic rings. The highest BCUT2D eigenvalue weighted by Crippen LogP contribution is 2.31. The summed E-state index contributed by atoms with van der Waals surface area (Å²) in [6.07, 6.45) is 14.4. The van der Waals surface area contributed by atoms with Gasteiger partial charge in [0.2, 0.25) is 0 Å². The van der Waals surface area contributed by atoms with Crippen molar-refractivity contribution in [1.29, 1.82) is 0 Å². The molecule has 15 heavy (non-hydrogen) atoms. The van der Waals surface area contributed by atoms with Gasteiger partial charge >= 0.3 is 0 Å². The molecule has 0 aromatic heterocycles. The normalized spacial score (nSPS) is 18.8. The Labute approximate surface area is 96.0 Å². The third-order valence-electron chi connectivity index (χ3n) is 3.96. The van der Waals surface area contributed by atoms with Gasteiger partial charge in [-0.3, -0.25) is 0 Å². The van der Waals surface area contributed by atoms with E-state index in [1.807, 2.05) is 0 Å². The Morgan fingerprint density at radius 3 is 2.27 bits per heavy atom. The van der Waals surface area contributed by atoms with Crippen LogP contribution in [0.5, 0.6) is 0 Å². The minimum absolute atomic E-state index is 0.824. The summed E-state index contributed by atoms with van der Waals surface area (Å²) < 4.78 is 0. The van der Waals surface area contributed by atoms with E-state index in [0.717, 1.165) is 12.0 Å². The van der Waals surface area contributed by atoms with Crippen molar-refractivity contribution in [2.45, 2.75) is 77.2 Å². The van der Waals surface area contributed by atoms with Crippen molar-refractivity contribution in [3.63, 3.8) is 0 Å². The molecule has 1 nitrogen and oxygen atoms in total. The fourth-order valence-corrected chi connectivity index (χ4v) is 2.60. The molecule has 0 saturated heterocycles. The molecular weight excluding hydrogens is 182 g/mol. The zero-order valence-electron chi connectivity index (χ0n) is 10.7. The molecule has 0 spiro atoms. The summed E-state index contributed by atoms with van der Waals surface area (Å²) >= 11 is 0. The third kappa shape index (κ3) is 5.01. The van der Waals surface area contributed by atoms with Gasteiger partial charge in [-0.25, -0.2) is 0 Å². The fraction of sp³-hybridized carbons (Fsp3) is 1.00. The predicted molar refractivity (Wildman–Crippen MR) is 68.2 cm³/mol. The summed E-state index contributed by atoms with van der Waals surface area (Å²) in [7, 11) is 2.14. The van der Waals surface area contributed by atoms with Gasteiger partial charge in [0.15, 0.2) is 0 Å². The second-order valence-electron chi connectivity index (χ2n) is 5.14. The van der Waals surface area contributed by atoms with E-state index in [0.29, 0.717) is 0 Å². The van der Waals surface area contributed by atoms with Crippen molar-refractivity contribution in [2.75, 3.05) is 7.05 Å². The Bertz CT molecular complexity index is 140. The van der Waals surface area contributed by atoms with Crippen molar-refractivity contribution in [1.82, 2.24) is 5.32 Å². The first-order chi connectivity index (χ1) is 7.38. The molecule has 0 heterocycles. The van der Waals surface area contributed by atoms with E-state index in [1.165, 1.54) is 64.2 Å². The summed E-state index contributed by atoms with van der Waals surface area (Å²) in [4.78, 5) is 0. The summed E-state index contributed by atoms with van der Waals surface area (Å²) in [6.45, 7) is 2.29. The molecule has 1 aliphatic carbocycles. The quantitative estimate of drug-likeness (QED) is 0.566. The predicted octanol–water partition coefficient (Wildman–Crippen LogP) is 4.13. The Hall–Kier alpha value is -0.0400. The van der Waals surface area contributed by atoms with E-state index < -0.39 is 0 Å². The summed E-state index contributed by atoms with van der Waals surface area (Å²) in [6, 6.07) is 0.824. The van der Waals surface area contributed by atoms with Crippen molar-refractivity contribution in [3.8, 4) is 0 Å². The summed E-state index contributed by atoms with van der Waals surface area (Å²) in [5.41, 5.74) is 0. The van der Waals surface area contributed by atoms with Crippen LogP contribution in [0.2, 0.25) is 0 Å². The first-order valence-electron chi connectivity index (χ1n) is 7.05. The van der Waals surface area contributed by atoms with Crippen LogP contribution in [0.3, 0.4) is 0 Å². The number of nitrogens with one attached hydrogen (secondary N) is 1. The van der Waals surface area contributed by atoms with Crippen molar-refractivity contribution in [3.05, 3.63) is 0 Å². The van der Waals surface area contributed by atoms with Crippen molar-refractivity contribution in [2.24, 2.45) is 5.92 Å². The van der Waals surface area contributed by atoms with Gasteiger partial charge in [-0.15, -0.1) is 0 Å². The maximum Gasteiger partial charge on any atom is 0.00923 e. The largest absolute Gasteiger partial charge is 0.317 e. The van der Waals surface area contributed by atoms with Crippen LogP contribution in [0.4, 0.5) is 0 Å². The van der Waals surface area contributed by atoms with Gasteiger partial charge in [0, 0.05) is 6.04 Å². The van der Waals surface area contributed by atoms with Crippen LogP contribution in [0.1, 0.15) is 71.1 Å². The van der Waals surface area contributed by atoms with Gasteiger partial charge in [-0.05, 0) is 32.2 Å². The maximum atomic E-state index is 3.51. The number of hydrogen-bond acceptors (Lipinski definition) is 1. The van der Waals surface area contributed by atoms with E-state index in [4.69, 9.17) is 0 Å². The van der Waals surface area contributed by atoms with Crippen LogP contribution in [-0.4, -0.2) is 13.1 Å². The van der Waals surface area contributed by atoms with Crippen LogP contribution in [0.15, 0.2) is 0 Å². The van der Waals surface area contributed by atoms with E-state index in [2.05, 4.69) is 19.3 Å². The first-order valence-corrected chi connectivity index (χ1v) is 7.05. The molecule has 0 bridgehead atoms. The Kier molecular flexibility index (Phi) is 7.08. The maximum absolute atomic E-state index is 3.51. The SMILES string of the molecule is CCCCCCCCC(NC)C1CCC1. The van der Waals surface area contributed by atoms with Gasteiger partial charge in [0.05, 0.1) is 0 Å². The number of rotatable bonds is 9. The lowest BCUT2D eigenvalue weighted by Gasteiger charge is -2.33. The first kappa shape index (κ1) is 13.0. The van der Waals surface area contributed by atoms with Gasteiger partial charge in [0.1, 0.15) is 0 Å². The zero-order valence-corrected chi connectivity index (χ0v) is 10.7. The second kappa shape index (κ2) is 8.15. The van der Waals surface area contributed by atoms with Crippen LogP contribution in [0, 0.1) is 5.92 Å². The molecule has 0 aromatic carbocycles. The van der Waals surface area contributed by atoms with Crippen LogP contribution >= 0.6 is 0 Å². The Morgan fingerprint density at radius 2 is 1.73 bits per heavy atom. The Morgan fingerprint density at radius 1 is 1.07 bits per heavy atom. The van der Waals surface area contributed by atoms with Crippen LogP contribution < -0.4 is 5.32 Å². The molecule has 90 valence electrons. The molecular formula is C14H29N. The van der Waals surface area contributed by atoms with Gasteiger partial charge in [0.25, 0.3) is 0 Å². The number of hydrogen-bond donors (Lipinski definition) is 1. The van der Waals surface area contributed by atoms with E-state index >= 15 is 0 Å². The molecule has 1 unspecified atom stereocenters. The topological polar surface area (TPSA) is 12.0 Å². The van der Waals surface area contributed by atoms with E-state index in [9.17, 15) is 0 Å². The minimum Gasteiger partial charge on any atom is -0.317 e. The summed E-state index contributed by atoms with van der Waals surface area (Å²) in [5, 5.41) is 3.51. The zero-order chi connectivity index (χ0) is 10.9. The molecule has 1 N–H and O–H groups in total. The van der Waals surface area contributed by atoms with Crippen LogP contribution in [0.25, 0.3) is 0 Å². The lowest BCUT2D eigenvalue weighted by atomic mass is 9.78. The monoisotopic (exact) mass is 211 g/mol. The van der Waals surface area contributed by atoms with Gasteiger partial charge in [-0.2, -0.15) is 0 Å². The smallest absolute Gasteiger partial charge is 0.00923 e. The molecule has 1 heteroatoms. The molecule has 0 radical (unpaired) electrons. The lowest BCUT2D eigenvalue weighted by molar-refractivity contribution is 0.224.